The van der Waals surface area contributed by atoms with Gasteiger partial charge in [-0.2, -0.15) is 10.1 Å². The van der Waals surface area contributed by atoms with Crippen molar-refractivity contribution in [2.75, 3.05) is 6.61 Å². The van der Waals surface area contributed by atoms with Crippen LogP contribution in [0.3, 0.4) is 0 Å². The Balaban J connectivity index is 1.39. The molecular weight excluding hydrogens is 346 g/mol. The van der Waals surface area contributed by atoms with E-state index in [1.165, 1.54) is 38.5 Å². The number of nitrogens with two attached hydrogens (primary N) is 1. The van der Waals surface area contributed by atoms with E-state index in [0.717, 1.165) is 12.8 Å². The van der Waals surface area contributed by atoms with Crippen molar-refractivity contribution >= 4 is 24.3 Å². The molecule has 0 aromatic rings. The number of aliphatic hydroxyl groups is 1. The van der Waals surface area contributed by atoms with Crippen molar-refractivity contribution in [1.29, 1.82) is 0 Å². The van der Waals surface area contributed by atoms with E-state index in [-0.39, 0.29) is 31.1 Å². The van der Waals surface area contributed by atoms with Gasteiger partial charge in [0.15, 0.2) is 6.17 Å². The standard InChI is InChI=1S/C18H29N7O2/c19-16-15-17(25(11-20-15)14-8-7-13(10-26)27-14)23-18(22-16)24-21-9-12-5-3-1-2-4-6-12/h9,11-15,17,26H,1-8,10H2,(H3,19,22,23,24)/b21-9-. The van der Waals surface area contributed by atoms with Crippen LogP contribution in [-0.2, 0) is 4.74 Å². The number of nitrogens with zero attached hydrogens (tertiary/aromatic N) is 5. The molecular formula is C18H29N7O2. The zero-order valence-corrected chi connectivity index (χ0v) is 15.6. The average Bonchev–Trinajstić information content (AvgIpc) is 3.23. The van der Waals surface area contributed by atoms with Crippen LogP contribution in [0.4, 0.5) is 0 Å². The van der Waals surface area contributed by atoms with Crippen molar-refractivity contribution in [3.05, 3.63) is 0 Å². The Kier molecular flexibility index (Phi) is 5.68. The minimum Gasteiger partial charge on any atom is -0.394 e. The fourth-order valence-electron chi connectivity index (χ4n) is 4.17. The quantitative estimate of drug-likeness (QED) is 0.381. The molecule has 3 aliphatic heterocycles. The van der Waals surface area contributed by atoms with E-state index in [0.29, 0.717) is 17.7 Å². The SMILES string of the molecule is NC1=NC(N/N=C\C2CCCCCC2)=NC2C1N=CN2C1CCC(CO)O1. The van der Waals surface area contributed by atoms with E-state index in [1.54, 1.807) is 6.34 Å². The highest BCUT2D eigenvalue weighted by Crippen LogP contribution is 2.29. The van der Waals surface area contributed by atoms with Crippen molar-refractivity contribution in [3.63, 3.8) is 0 Å². The summed E-state index contributed by atoms with van der Waals surface area (Å²) in [5.41, 5.74) is 9.07. The van der Waals surface area contributed by atoms with Crippen LogP contribution in [0.5, 0.6) is 0 Å². The Morgan fingerprint density at radius 3 is 2.81 bits per heavy atom. The molecule has 0 spiro atoms. The lowest BCUT2D eigenvalue weighted by Crippen LogP contribution is -2.49. The first-order chi connectivity index (χ1) is 13.2. The number of rotatable bonds is 4. The van der Waals surface area contributed by atoms with Crippen LogP contribution in [0, 0.1) is 5.92 Å². The summed E-state index contributed by atoms with van der Waals surface area (Å²) in [5.74, 6) is 1.36. The highest BCUT2D eigenvalue weighted by Gasteiger charge is 2.42. The van der Waals surface area contributed by atoms with E-state index in [2.05, 4.69) is 25.5 Å². The van der Waals surface area contributed by atoms with Crippen molar-refractivity contribution in [2.45, 2.75) is 75.9 Å². The lowest BCUT2D eigenvalue weighted by molar-refractivity contribution is -0.0486. The minimum absolute atomic E-state index is 0.0329. The Morgan fingerprint density at radius 2 is 2.07 bits per heavy atom. The largest absolute Gasteiger partial charge is 0.394 e. The van der Waals surface area contributed by atoms with E-state index >= 15 is 0 Å². The molecule has 4 rings (SSSR count). The molecule has 0 bridgehead atoms. The number of aliphatic hydroxyl groups excluding tert-OH is 1. The number of nitrogens with one attached hydrogen (secondary N) is 1. The number of hydrogen-bond donors (Lipinski definition) is 3. The van der Waals surface area contributed by atoms with Crippen LogP contribution in [0.1, 0.15) is 51.4 Å². The molecule has 9 heteroatoms. The second kappa shape index (κ2) is 8.35. The number of aliphatic imine (C=N–C) groups is 3. The summed E-state index contributed by atoms with van der Waals surface area (Å²) in [6.45, 7) is 0.0329. The van der Waals surface area contributed by atoms with E-state index in [4.69, 9.17) is 10.5 Å². The van der Waals surface area contributed by atoms with Gasteiger partial charge >= 0.3 is 0 Å². The Labute approximate surface area is 159 Å². The molecule has 9 nitrogen and oxygen atoms in total. The summed E-state index contributed by atoms with van der Waals surface area (Å²) in [5, 5.41) is 13.7. The molecule has 1 saturated heterocycles. The van der Waals surface area contributed by atoms with Crippen LogP contribution in [0.2, 0.25) is 0 Å². The number of fused-ring (bicyclic) bond motifs is 1. The number of hydrazone groups is 1. The minimum atomic E-state index is -0.293. The summed E-state index contributed by atoms with van der Waals surface area (Å²) in [7, 11) is 0. The highest BCUT2D eigenvalue weighted by molar-refractivity contribution is 6.01. The lowest BCUT2D eigenvalue weighted by atomic mass is 10.0. The molecule has 0 aromatic carbocycles. The number of amidine groups is 1. The molecule has 4 atom stereocenters. The predicted octanol–water partition coefficient (Wildman–Crippen LogP) is 0.795. The smallest absolute Gasteiger partial charge is 0.242 e. The second-order valence-corrected chi connectivity index (χ2v) is 7.67. The van der Waals surface area contributed by atoms with E-state index in [1.807, 2.05) is 11.1 Å². The van der Waals surface area contributed by atoms with Crippen molar-refractivity contribution in [2.24, 2.45) is 31.7 Å². The molecule has 27 heavy (non-hydrogen) atoms. The maximum Gasteiger partial charge on any atom is 0.242 e. The summed E-state index contributed by atoms with van der Waals surface area (Å²) >= 11 is 0. The zero-order chi connectivity index (χ0) is 18.6. The third kappa shape index (κ3) is 4.14. The Bertz CT molecular complexity index is 640. The molecule has 0 radical (unpaired) electrons. The molecule has 4 N–H and O–H groups in total. The van der Waals surface area contributed by atoms with Crippen LogP contribution >= 0.6 is 0 Å². The lowest BCUT2D eigenvalue weighted by Gasteiger charge is -2.31. The van der Waals surface area contributed by atoms with Crippen LogP contribution < -0.4 is 11.2 Å². The summed E-state index contributed by atoms with van der Waals surface area (Å²) in [4.78, 5) is 15.4. The molecule has 4 unspecified atom stereocenters. The van der Waals surface area contributed by atoms with Gasteiger partial charge in [0, 0.05) is 6.21 Å². The van der Waals surface area contributed by atoms with Gasteiger partial charge in [0.05, 0.1) is 19.0 Å². The maximum atomic E-state index is 9.30. The molecule has 148 valence electrons. The predicted molar refractivity (Wildman–Crippen MR) is 105 cm³/mol. The monoisotopic (exact) mass is 375 g/mol. The first-order valence-electron chi connectivity index (χ1n) is 10.0. The fourth-order valence-corrected chi connectivity index (χ4v) is 4.17. The Morgan fingerprint density at radius 1 is 1.26 bits per heavy atom. The van der Waals surface area contributed by atoms with Gasteiger partial charge in [-0.25, -0.2) is 10.4 Å². The van der Waals surface area contributed by atoms with Gasteiger partial charge in [-0.05, 0) is 31.6 Å². The first-order valence-corrected chi connectivity index (χ1v) is 10.0. The summed E-state index contributed by atoms with van der Waals surface area (Å²) < 4.78 is 5.87. The van der Waals surface area contributed by atoms with Gasteiger partial charge in [-0.1, -0.05) is 25.7 Å². The van der Waals surface area contributed by atoms with Gasteiger partial charge in [0.25, 0.3) is 0 Å². The van der Waals surface area contributed by atoms with Crippen molar-refractivity contribution < 1.29 is 9.84 Å². The second-order valence-electron chi connectivity index (χ2n) is 7.67. The topological polar surface area (TPSA) is 120 Å². The molecule has 2 fully saturated rings. The number of hydrogen-bond acceptors (Lipinski definition) is 9. The third-order valence-corrected chi connectivity index (χ3v) is 5.71. The number of ether oxygens (including phenoxy) is 1. The van der Waals surface area contributed by atoms with E-state index in [9.17, 15) is 5.11 Å². The molecule has 0 amide bonds. The average molecular weight is 375 g/mol. The van der Waals surface area contributed by atoms with Crippen LogP contribution in [-0.4, -0.2) is 65.5 Å². The molecule has 1 aliphatic carbocycles. The molecule has 3 heterocycles. The van der Waals surface area contributed by atoms with Crippen molar-refractivity contribution in [1.82, 2.24) is 10.3 Å². The summed E-state index contributed by atoms with van der Waals surface area (Å²) in [6.07, 6.45) is 12.4. The van der Waals surface area contributed by atoms with E-state index < -0.39 is 0 Å². The van der Waals surface area contributed by atoms with Crippen LogP contribution in [0.15, 0.2) is 20.1 Å². The van der Waals surface area contributed by atoms with Gasteiger partial charge in [0.1, 0.15) is 18.1 Å². The first kappa shape index (κ1) is 18.4. The Hall–Kier alpha value is -2.00. The fraction of sp³-hybridized carbons (Fsp3) is 0.778. The van der Waals surface area contributed by atoms with Crippen molar-refractivity contribution in [3.8, 4) is 0 Å². The van der Waals surface area contributed by atoms with Gasteiger partial charge < -0.3 is 20.5 Å². The maximum absolute atomic E-state index is 9.30. The summed E-state index contributed by atoms with van der Waals surface area (Å²) in [6, 6.07) is -0.293. The van der Waals surface area contributed by atoms with Gasteiger partial charge in [-0.15, -0.1) is 0 Å². The number of guanidine groups is 1. The van der Waals surface area contributed by atoms with Gasteiger partial charge in [0.2, 0.25) is 5.96 Å². The third-order valence-electron chi connectivity index (χ3n) is 5.71. The molecule has 1 saturated carbocycles. The van der Waals surface area contributed by atoms with Crippen LogP contribution in [0.25, 0.3) is 0 Å². The normalized spacial score (nSPS) is 34.5. The molecule has 0 aromatic heterocycles. The van der Waals surface area contributed by atoms with Gasteiger partial charge in [-0.3, -0.25) is 4.99 Å². The zero-order valence-electron chi connectivity index (χ0n) is 15.6. The molecule has 4 aliphatic rings. The highest BCUT2D eigenvalue weighted by atomic mass is 16.5.